The fourth-order valence-corrected chi connectivity index (χ4v) is 1.90. The number of unbranched alkanes of at least 4 members (excludes halogenated alkanes) is 2. The largest absolute Gasteiger partial charge is 0.497 e. The van der Waals surface area contributed by atoms with Crippen molar-refractivity contribution in [1.82, 2.24) is 10.6 Å². The summed E-state index contributed by atoms with van der Waals surface area (Å²) >= 11 is 0. The summed E-state index contributed by atoms with van der Waals surface area (Å²) in [7, 11) is 1.60. The zero-order valence-corrected chi connectivity index (χ0v) is 12.9. The maximum absolute atomic E-state index is 11.8. The Labute approximate surface area is 126 Å². The van der Waals surface area contributed by atoms with Crippen LogP contribution in [0.5, 0.6) is 5.75 Å². The van der Waals surface area contributed by atoms with Crippen LogP contribution in [0.4, 0.5) is 0 Å². The lowest BCUT2D eigenvalue weighted by Crippen LogP contribution is -2.41. The molecule has 0 radical (unpaired) electrons. The summed E-state index contributed by atoms with van der Waals surface area (Å²) in [4.78, 5) is 23.4. The third-order valence-electron chi connectivity index (χ3n) is 3.24. The molecule has 1 unspecified atom stereocenters. The predicted molar refractivity (Wildman–Crippen MR) is 82.1 cm³/mol. The minimum Gasteiger partial charge on any atom is -0.497 e. The third kappa shape index (κ3) is 5.85. The number of ether oxygens (including phenoxy) is 1. The lowest BCUT2D eigenvalue weighted by Gasteiger charge is -2.14. The predicted octanol–water partition coefficient (Wildman–Crippen LogP) is 2.18. The second-order valence-electron chi connectivity index (χ2n) is 4.93. The van der Waals surface area contributed by atoms with E-state index in [1.54, 1.807) is 7.11 Å². The van der Waals surface area contributed by atoms with Gasteiger partial charge in [0, 0.05) is 6.54 Å². The minimum atomic E-state index is -0.602. The molecule has 0 aromatic heterocycles. The van der Waals surface area contributed by atoms with Crippen LogP contribution in [-0.4, -0.2) is 25.5 Å². The number of hydrogen-bond acceptors (Lipinski definition) is 3. The Balaban J connectivity index is 2.43. The first-order valence-electron chi connectivity index (χ1n) is 7.31. The Kier molecular flexibility index (Phi) is 7.29. The molecule has 116 valence electrons. The Bertz CT molecular complexity index is 457. The first-order chi connectivity index (χ1) is 10.1. The van der Waals surface area contributed by atoms with E-state index in [0.717, 1.165) is 30.6 Å². The van der Waals surface area contributed by atoms with Crippen molar-refractivity contribution in [3.05, 3.63) is 29.8 Å². The van der Waals surface area contributed by atoms with E-state index in [-0.39, 0.29) is 6.04 Å². The van der Waals surface area contributed by atoms with Crippen molar-refractivity contribution in [2.45, 2.75) is 39.2 Å². The van der Waals surface area contributed by atoms with Gasteiger partial charge in [0.15, 0.2) is 0 Å². The summed E-state index contributed by atoms with van der Waals surface area (Å²) in [6.07, 6.45) is 3.02. The zero-order valence-electron chi connectivity index (χ0n) is 12.9. The van der Waals surface area contributed by atoms with Crippen molar-refractivity contribution in [1.29, 1.82) is 0 Å². The van der Waals surface area contributed by atoms with Crippen LogP contribution in [0.3, 0.4) is 0 Å². The van der Waals surface area contributed by atoms with Gasteiger partial charge in [-0.15, -0.1) is 0 Å². The van der Waals surface area contributed by atoms with Crippen LogP contribution in [-0.2, 0) is 9.59 Å². The van der Waals surface area contributed by atoms with Crippen molar-refractivity contribution in [2.75, 3.05) is 13.7 Å². The van der Waals surface area contributed by atoms with Crippen molar-refractivity contribution in [2.24, 2.45) is 0 Å². The van der Waals surface area contributed by atoms with E-state index in [2.05, 4.69) is 17.6 Å². The Morgan fingerprint density at radius 3 is 2.38 bits per heavy atom. The van der Waals surface area contributed by atoms with E-state index < -0.39 is 11.8 Å². The van der Waals surface area contributed by atoms with Crippen LogP contribution >= 0.6 is 0 Å². The lowest BCUT2D eigenvalue weighted by molar-refractivity contribution is -0.139. The molecule has 21 heavy (non-hydrogen) atoms. The number of amides is 2. The van der Waals surface area contributed by atoms with Crippen LogP contribution in [0, 0.1) is 0 Å². The van der Waals surface area contributed by atoms with Crippen LogP contribution in [0.25, 0.3) is 0 Å². The van der Waals surface area contributed by atoms with Crippen LogP contribution in [0.1, 0.15) is 44.7 Å². The van der Waals surface area contributed by atoms with E-state index in [1.165, 1.54) is 0 Å². The van der Waals surface area contributed by atoms with E-state index in [4.69, 9.17) is 4.74 Å². The number of hydrogen-bond donors (Lipinski definition) is 2. The van der Waals surface area contributed by atoms with Gasteiger partial charge in [-0.1, -0.05) is 31.9 Å². The van der Waals surface area contributed by atoms with Gasteiger partial charge < -0.3 is 15.4 Å². The Hall–Kier alpha value is -2.04. The maximum atomic E-state index is 11.8. The molecule has 1 atom stereocenters. The van der Waals surface area contributed by atoms with Gasteiger partial charge >= 0.3 is 11.8 Å². The van der Waals surface area contributed by atoms with E-state index in [1.807, 2.05) is 31.2 Å². The van der Waals surface area contributed by atoms with Crippen molar-refractivity contribution in [3.63, 3.8) is 0 Å². The quantitative estimate of drug-likeness (QED) is 0.598. The topological polar surface area (TPSA) is 67.4 Å². The highest BCUT2D eigenvalue weighted by Gasteiger charge is 2.16. The highest BCUT2D eigenvalue weighted by Crippen LogP contribution is 2.16. The molecule has 1 aromatic rings. The second-order valence-corrected chi connectivity index (χ2v) is 4.93. The highest BCUT2D eigenvalue weighted by molar-refractivity contribution is 6.35. The number of benzene rings is 1. The standard InChI is InChI=1S/C16H24N2O3/c1-4-5-6-11-17-15(19)16(20)18-12(2)13-7-9-14(21-3)10-8-13/h7-10,12H,4-6,11H2,1-3H3,(H,17,19)(H,18,20). The van der Waals surface area contributed by atoms with Gasteiger partial charge in [0.05, 0.1) is 13.2 Å². The first kappa shape index (κ1) is 17.0. The number of methoxy groups -OCH3 is 1. The summed E-state index contributed by atoms with van der Waals surface area (Å²) in [5, 5.41) is 5.30. The molecular weight excluding hydrogens is 268 g/mol. The molecule has 2 amide bonds. The zero-order chi connectivity index (χ0) is 15.7. The molecule has 0 aliphatic heterocycles. The summed E-state index contributed by atoms with van der Waals surface area (Å²) in [5.74, 6) is -0.424. The van der Waals surface area contributed by atoms with E-state index >= 15 is 0 Å². The molecule has 5 nitrogen and oxygen atoms in total. The van der Waals surface area contributed by atoms with Crippen molar-refractivity contribution < 1.29 is 14.3 Å². The number of carbonyl (C=O) groups is 2. The van der Waals surface area contributed by atoms with Gasteiger partial charge in [-0.2, -0.15) is 0 Å². The minimum absolute atomic E-state index is 0.232. The van der Waals surface area contributed by atoms with Crippen molar-refractivity contribution >= 4 is 11.8 Å². The van der Waals surface area contributed by atoms with Gasteiger partial charge in [0.25, 0.3) is 0 Å². The van der Waals surface area contributed by atoms with Gasteiger partial charge in [-0.05, 0) is 31.0 Å². The molecule has 5 heteroatoms. The van der Waals surface area contributed by atoms with Crippen LogP contribution in [0.15, 0.2) is 24.3 Å². The van der Waals surface area contributed by atoms with Crippen molar-refractivity contribution in [3.8, 4) is 5.75 Å². The fraction of sp³-hybridized carbons (Fsp3) is 0.500. The summed E-state index contributed by atoms with van der Waals surface area (Å²) in [6, 6.07) is 7.14. The Morgan fingerprint density at radius 2 is 1.81 bits per heavy atom. The molecule has 2 N–H and O–H groups in total. The average Bonchev–Trinajstić information content (AvgIpc) is 2.51. The summed E-state index contributed by atoms with van der Waals surface area (Å²) in [6.45, 7) is 4.46. The molecule has 1 aromatic carbocycles. The van der Waals surface area contributed by atoms with Gasteiger partial charge in [0.2, 0.25) is 0 Å². The lowest BCUT2D eigenvalue weighted by atomic mass is 10.1. The normalized spacial score (nSPS) is 11.6. The molecule has 0 aliphatic carbocycles. The fourth-order valence-electron chi connectivity index (χ4n) is 1.90. The Morgan fingerprint density at radius 1 is 1.14 bits per heavy atom. The van der Waals surface area contributed by atoms with Crippen LogP contribution in [0.2, 0.25) is 0 Å². The molecule has 0 saturated carbocycles. The molecule has 0 fully saturated rings. The highest BCUT2D eigenvalue weighted by atomic mass is 16.5. The average molecular weight is 292 g/mol. The SMILES string of the molecule is CCCCCNC(=O)C(=O)NC(C)c1ccc(OC)cc1. The maximum Gasteiger partial charge on any atom is 0.309 e. The smallest absolute Gasteiger partial charge is 0.309 e. The third-order valence-corrected chi connectivity index (χ3v) is 3.24. The molecule has 0 bridgehead atoms. The van der Waals surface area contributed by atoms with E-state index in [0.29, 0.717) is 6.54 Å². The van der Waals surface area contributed by atoms with Gasteiger partial charge in [-0.25, -0.2) is 0 Å². The molecule has 0 saturated heterocycles. The molecule has 0 heterocycles. The number of rotatable bonds is 7. The molecule has 0 spiro atoms. The summed E-state index contributed by atoms with van der Waals surface area (Å²) in [5.41, 5.74) is 0.919. The molecule has 1 rings (SSSR count). The van der Waals surface area contributed by atoms with Gasteiger partial charge in [0.1, 0.15) is 5.75 Å². The monoisotopic (exact) mass is 292 g/mol. The van der Waals surface area contributed by atoms with Gasteiger partial charge in [-0.3, -0.25) is 9.59 Å². The second kappa shape index (κ2) is 9.00. The summed E-state index contributed by atoms with van der Waals surface area (Å²) < 4.78 is 5.08. The van der Waals surface area contributed by atoms with E-state index in [9.17, 15) is 9.59 Å². The number of nitrogens with one attached hydrogen (secondary N) is 2. The molecular formula is C16H24N2O3. The first-order valence-corrected chi connectivity index (χ1v) is 7.31. The number of carbonyl (C=O) groups excluding carboxylic acids is 2. The molecule has 0 aliphatic rings. The van der Waals surface area contributed by atoms with Crippen LogP contribution < -0.4 is 15.4 Å².